The highest BCUT2D eigenvalue weighted by Crippen LogP contribution is 2.32. The molecule has 10 nitrogen and oxygen atoms in total. The van der Waals surface area contributed by atoms with E-state index in [1.54, 1.807) is 5.92 Å². The number of nitrogens with one attached hydrogen (secondary N) is 1. The smallest absolute Gasteiger partial charge is 0.387 e. The number of hydrogen-bond donors (Lipinski definition) is 5. The summed E-state index contributed by atoms with van der Waals surface area (Å²) in [7, 11) is 0. The second-order valence-corrected chi connectivity index (χ2v) is 5.39. The number of H-pyrrole nitrogens is 1. The first-order valence-corrected chi connectivity index (χ1v) is 7.16. The highest BCUT2D eigenvalue weighted by Gasteiger charge is 2.47. The van der Waals surface area contributed by atoms with Gasteiger partial charge in [-0.15, -0.1) is 0 Å². The predicted octanol–water partition coefficient (Wildman–Crippen LogP) is -1.92. The molecule has 1 unspecified atom stereocenters. The fraction of sp³-hybridized carbons (Fsp3) is 0.462. The van der Waals surface area contributed by atoms with Crippen LogP contribution in [0.5, 0.6) is 0 Å². The second kappa shape index (κ2) is 6.57. The second-order valence-electron chi connectivity index (χ2n) is 5.39. The minimum Gasteiger partial charge on any atom is -0.387 e. The molecule has 0 radical (unpaired) electrons. The van der Waals surface area contributed by atoms with Crippen LogP contribution in [0.15, 0.2) is 17.8 Å². The van der Waals surface area contributed by atoms with E-state index in [1.165, 1.54) is 17.2 Å². The van der Waals surface area contributed by atoms with Crippen molar-refractivity contribution < 1.29 is 33.2 Å². The zero-order valence-electron chi connectivity index (χ0n) is 12.8. The number of halogens is 3. The Morgan fingerprint density at radius 1 is 1.35 bits per heavy atom. The zero-order valence-corrected chi connectivity index (χ0v) is 12.8. The monoisotopic (exact) mass is 374 g/mol. The van der Waals surface area contributed by atoms with E-state index in [4.69, 9.17) is 10.6 Å². The van der Waals surface area contributed by atoms with E-state index in [9.17, 15) is 28.5 Å². The Morgan fingerprint density at radius 2 is 2.08 bits per heavy atom. The fourth-order valence-corrected chi connectivity index (χ4v) is 2.58. The van der Waals surface area contributed by atoms with E-state index in [2.05, 4.69) is 20.1 Å². The van der Waals surface area contributed by atoms with Crippen LogP contribution >= 0.6 is 0 Å². The number of nitrogens with two attached hydrogens (primary N) is 1. The lowest BCUT2D eigenvalue weighted by atomic mass is 10.1. The van der Waals surface area contributed by atoms with Crippen molar-refractivity contribution in [3.05, 3.63) is 18.1 Å². The average molecular weight is 374 g/mol. The molecule has 140 valence electrons. The number of aromatic nitrogens is 4. The van der Waals surface area contributed by atoms with Gasteiger partial charge in [-0.25, -0.2) is 9.97 Å². The summed E-state index contributed by atoms with van der Waals surface area (Å²) in [5.74, 6) is 7.64. The molecule has 0 saturated carbocycles. The van der Waals surface area contributed by atoms with E-state index in [1.807, 2.05) is 0 Å². The molecule has 6 N–H and O–H groups in total. The van der Waals surface area contributed by atoms with Crippen molar-refractivity contribution in [2.45, 2.75) is 36.8 Å². The Morgan fingerprint density at radius 3 is 2.73 bits per heavy atom. The fourth-order valence-electron chi connectivity index (χ4n) is 2.58. The first-order valence-electron chi connectivity index (χ1n) is 7.16. The lowest BCUT2D eigenvalue weighted by Gasteiger charge is -2.17. The van der Waals surface area contributed by atoms with Crippen molar-refractivity contribution in [2.75, 3.05) is 0 Å². The zero-order chi connectivity index (χ0) is 19.1. The molecule has 13 heteroatoms. The van der Waals surface area contributed by atoms with E-state index in [0.717, 1.165) is 5.92 Å². The maximum Gasteiger partial charge on any atom is 0.457 e. The number of nitrogens with zero attached hydrogens (tertiary/aromatic N) is 4. The summed E-state index contributed by atoms with van der Waals surface area (Å²) < 4.78 is 43.0. The first-order chi connectivity index (χ1) is 12.2. The van der Waals surface area contributed by atoms with Gasteiger partial charge in [0.1, 0.15) is 30.1 Å². The summed E-state index contributed by atoms with van der Waals surface area (Å²) in [6.45, 7) is 0. The van der Waals surface area contributed by atoms with Crippen molar-refractivity contribution in [3.8, 4) is 11.8 Å². The van der Waals surface area contributed by atoms with Gasteiger partial charge in [0, 0.05) is 5.92 Å². The Bertz CT molecular complexity index is 930. The topological polar surface area (TPSA) is 155 Å². The molecule has 2 aromatic rings. The van der Waals surface area contributed by atoms with E-state index in [0.29, 0.717) is 0 Å². The van der Waals surface area contributed by atoms with E-state index < -0.39 is 36.8 Å². The van der Waals surface area contributed by atoms with Gasteiger partial charge in [-0.2, -0.15) is 18.3 Å². The Balaban J connectivity index is 1.92. The molecule has 3 heterocycles. The molecule has 0 bridgehead atoms. The number of rotatable bonds is 2. The average Bonchev–Trinajstić information content (AvgIpc) is 3.14. The molecule has 5 atom stereocenters. The molecule has 1 fully saturated rings. The van der Waals surface area contributed by atoms with E-state index in [-0.39, 0.29) is 16.7 Å². The Hall–Kier alpha value is -2.66. The van der Waals surface area contributed by atoms with Gasteiger partial charge in [-0.1, -0.05) is 5.92 Å². The molecular formula is C13H13F3N6O4. The largest absolute Gasteiger partial charge is 0.457 e. The lowest BCUT2D eigenvalue weighted by molar-refractivity contribution is -0.0744. The summed E-state index contributed by atoms with van der Waals surface area (Å²) >= 11 is 0. The van der Waals surface area contributed by atoms with Crippen molar-refractivity contribution in [1.82, 2.24) is 19.5 Å². The number of aliphatic hydroxyl groups excluding tert-OH is 3. The number of ether oxygens (including phenoxy) is 1. The van der Waals surface area contributed by atoms with Crippen molar-refractivity contribution in [3.63, 3.8) is 0 Å². The normalized spacial score (nSPS) is 28.2. The van der Waals surface area contributed by atoms with Crippen LogP contribution in [0, 0.1) is 11.8 Å². The van der Waals surface area contributed by atoms with E-state index >= 15 is 0 Å². The van der Waals surface area contributed by atoms with Gasteiger partial charge in [0.15, 0.2) is 11.7 Å². The van der Waals surface area contributed by atoms with Crippen LogP contribution in [0.2, 0.25) is 0 Å². The molecule has 0 amide bonds. The quantitative estimate of drug-likeness (QED) is 0.233. The van der Waals surface area contributed by atoms with Gasteiger partial charge < -0.3 is 30.9 Å². The Kier molecular flexibility index (Phi) is 4.59. The summed E-state index contributed by atoms with van der Waals surface area (Å²) in [6.07, 6.45) is -10.4. The van der Waals surface area contributed by atoms with Gasteiger partial charge >= 0.3 is 6.18 Å². The van der Waals surface area contributed by atoms with Gasteiger partial charge in [0.2, 0.25) is 5.49 Å². The maximum absolute atomic E-state index is 12.1. The van der Waals surface area contributed by atoms with Gasteiger partial charge in [0.25, 0.3) is 0 Å². The molecule has 0 aromatic carbocycles. The standard InChI is InChI=1S/C13H13F3N6O4/c14-13(15,16)2-1-5(23)9-7(24)8(25)12(26-9)22-4-20-6-10(21-17)18-3-19-11(6)22/h3-5,7-9,12,23-25H,17H2,(H,18,19,21)/t5?,7-,8+,9+,12+/m0/s1. The third-order valence-corrected chi connectivity index (χ3v) is 3.74. The summed E-state index contributed by atoms with van der Waals surface area (Å²) in [5.41, 5.74) is 0.608. The summed E-state index contributed by atoms with van der Waals surface area (Å²) in [5, 5.41) is 33.4. The first kappa shape index (κ1) is 18.1. The number of aliphatic hydroxyl groups is 3. The predicted molar refractivity (Wildman–Crippen MR) is 77.4 cm³/mol. The summed E-state index contributed by atoms with van der Waals surface area (Å²) in [4.78, 5) is 10.6. The van der Waals surface area contributed by atoms with Crippen LogP contribution in [0.1, 0.15) is 6.23 Å². The van der Waals surface area contributed by atoms with Crippen molar-refractivity contribution in [1.29, 1.82) is 0 Å². The van der Waals surface area contributed by atoms with Crippen LogP contribution < -0.4 is 11.3 Å². The van der Waals surface area contributed by atoms with Crippen molar-refractivity contribution in [2.24, 2.45) is 10.9 Å². The number of fused-ring (bicyclic) bond motifs is 1. The number of imidazole rings is 1. The van der Waals surface area contributed by atoms with Crippen LogP contribution in [-0.2, 0) is 4.74 Å². The van der Waals surface area contributed by atoms with Crippen LogP contribution in [-0.4, -0.2) is 65.4 Å². The minimum atomic E-state index is -4.81. The molecule has 26 heavy (non-hydrogen) atoms. The molecule has 0 aliphatic carbocycles. The molecule has 3 rings (SSSR count). The molecule has 1 saturated heterocycles. The number of hydrogen-bond acceptors (Lipinski definition) is 8. The third-order valence-electron chi connectivity index (χ3n) is 3.74. The third kappa shape index (κ3) is 3.22. The van der Waals surface area contributed by atoms with Crippen molar-refractivity contribution >= 4 is 11.2 Å². The SMILES string of the molecule is NN=c1nc[nH]c2c1ncn2[C@@H]1O[C@H](C(O)C#CC(F)(F)F)[C@@H](O)[C@H]1O. The van der Waals surface area contributed by atoms with Gasteiger partial charge in [-0.05, 0) is 0 Å². The number of aromatic amines is 1. The molecule has 1 aliphatic heterocycles. The molecular weight excluding hydrogens is 361 g/mol. The molecule has 2 aromatic heterocycles. The van der Waals surface area contributed by atoms with Crippen LogP contribution in [0.3, 0.4) is 0 Å². The number of alkyl halides is 3. The highest BCUT2D eigenvalue weighted by atomic mass is 19.4. The molecule has 1 aliphatic rings. The molecule has 0 spiro atoms. The maximum atomic E-state index is 12.1. The lowest BCUT2D eigenvalue weighted by Crippen LogP contribution is -2.38. The summed E-state index contributed by atoms with van der Waals surface area (Å²) in [6, 6.07) is 0. The van der Waals surface area contributed by atoms with Gasteiger partial charge in [0.05, 0.1) is 12.7 Å². The minimum absolute atomic E-state index is 0.0955. The van der Waals surface area contributed by atoms with Gasteiger partial charge in [-0.3, -0.25) is 4.57 Å². The van der Waals surface area contributed by atoms with Crippen LogP contribution in [0.4, 0.5) is 13.2 Å². The Labute approximate surface area is 142 Å². The van der Waals surface area contributed by atoms with Crippen LogP contribution in [0.25, 0.3) is 11.2 Å². The highest BCUT2D eigenvalue weighted by molar-refractivity contribution is 5.68.